The third-order valence-electron chi connectivity index (χ3n) is 4.90. The van der Waals surface area contributed by atoms with Crippen molar-refractivity contribution in [2.24, 2.45) is 0 Å². The maximum Gasteiger partial charge on any atom is 0.410 e. The first-order valence-electron chi connectivity index (χ1n) is 11.3. The molecule has 0 radical (unpaired) electrons. The zero-order valence-electron chi connectivity index (χ0n) is 19.0. The first-order chi connectivity index (χ1) is 14.4. The highest BCUT2D eigenvalue weighted by Gasteiger charge is 2.23. The first-order valence-corrected chi connectivity index (χ1v) is 11.3. The van der Waals surface area contributed by atoms with Crippen molar-refractivity contribution < 1.29 is 19.0 Å². The summed E-state index contributed by atoms with van der Waals surface area (Å²) < 4.78 is 16.9. The van der Waals surface area contributed by atoms with Crippen molar-refractivity contribution in [1.29, 1.82) is 0 Å². The van der Waals surface area contributed by atoms with Crippen molar-refractivity contribution in [1.82, 2.24) is 4.90 Å². The molecule has 1 aliphatic heterocycles. The number of nitrogens with zero attached hydrogens (tertiary/aromatic N) is 1. The van der Waals surface area contributed by atoms with Crippen LogP contribution >= 0.6 is 0 Å². The van der Waals surface area contributed by atoms with Crippen LogP contribution in [0.3, 0.4) is 0 Å². The van der Waals surface area contributed by atoms with E-state index in [2.05, 4.69) is 18.2 Å². The van der Waals surface area contributed by atoms with E-state index in [1.807, 2.05) is 43.9 Å². The molecule has 1 aromatic rings. The zero-order valence-corrected chi connectivity index (χ0v) is 19.0. The molecule has 5 heteroatoms. The van der Waals surface area contributed by atoms with Crippen molar-refractivity contribution in [3.63, 3.8) is 0 Å². The Morgan fingerprint density at radius 3 is 2.50 bits per heavy atom. The lowest BCUT2D eigenvalue weighted by molar-refractivity contribution is 0.0258. The number of allylic oxidation sites excluding steroid dienone is 1. The lowest BCUT2D eigenvalue weighted by Gasteiger charge is -2.26. The van der Waals surface area contributed by atoms with Gasteiger partial charge in [0.2, 0.25) is 0 Å². The van der Waals surface area contributed by atoms with Crippen LogP contribution in [-0.4, -0.2) is 49.5 Å². The number of carbonyl (C=O) groups excluding carboxylic acids is 1. The van der Waals surface area contributed by atoms with E-state index in [-0.39, 0.29) is 6.09 Å². The zero-order chi connectivity index (χ0) is 21.7. The molecule has 0 atom stereocenters. The van der Waals surface area contributed by atoms with Gasteiger partial charge < -0.3 is 19.1 Å². The molecule has 0 saturated carbocycles. The number of carbonyl (C=O) groups is 1. The van der Waals surface area contributed by atoms with Crippen LogP contribution in [0, 0.1) is 0 Å². The quantitative estimate of drug-likeness (QED) is 0.360. The van der Waals surface area contributed by atoms with E-state index in [0.29, 0.717) is 6.61 Å². The average Bonchev–Trinajstić information content (AvgIpc) is 2.95. The first kappa shape index (κ1) is 24.4. The summed E-state index contributed by atoms with van der Waals surface area (Å²) in [6, 6.07) is 10.2. The van der Waals surface area contributed by atoms with E-state index in [1.165, 1.54) is 11.1 Å². The van der Waals surface area contributed by atoms with Crippen LogP contribution in [0.2, 0.25) is 0 Å². The third kappa shape index (κ3) is 10.8. The molecule has 0 spiro atoms. The van der Waals surface area contributed by atoms with Gasteiger partial charge in [-0.15, -0.1) is 0 Å². The summed E-state index contributed by atoms with van der Waals surface area (Å²) in [6.07, 6.45) is 8.16. The smallest absolute Gasteiger partial charge is 0.410 e. The Morgan fingerprint density at radius 2 is 1.73 bits per heavy atom. The second-order valence-corrected chi connectivity index (χ2v) is 8.83. The molecule has 30 heavy (non-hydrogen) atoms. The average molecular weight is 418 g/mol. The van der Waals surface area contributed by atoms with Gasteiger partial charge >= 0.3 is 6.09 Å². The minimum atomic E-state index is -0.434. The number of amides is 1. The van der Waals surface area contributed by atoms with Crippen LogP contribution in [0.5, 0.6) is 0 Å². The highest BCUT2D eigenvalue weighted by Crippen LogP contribution is 2.19. The molecule has 0 aromatic heterocycles. The Hall–Kier alpha value is -1.85. The molecule has 0 N–H and O–H groups in total. The SMILES string of the molecule is CC(C)(C)OC(=O)N1CCC/C(=C/CCCOCCCOCc2ccccc2)CC1. The molecule has 1 aromatic carbocycles. The summed E-state index contributed by atoms with van der Waals surface area (Å²) in [5, 5.41) is 0. The van der Waals surface area contributed by atoms with Crippen molar-refractivity contribution in [3.05, 3.63) is 47.5 Å². The van der Waals surface area contributed by atoms with Gasteiger partial charge in [0.1, 0.15) is 5.60 Å². The summed E-state index contributed by atoms with van der Waals surface area (Å²) >= 11 is 0. The van der Waals surface area contributed by atoms with Gasteiger partial charge in [-0.2, -0.15) is 0 Å². The van der Waals surface area contributed by atoms with Gasteiger partial charge in [0.15, 0.2) is 0 Å². The predicted octanol–water partition coefficient (Wildman–Crippen LogP) is 5.74. The van der Waals surface area contributed by atoms with Gasteiger partial charge in [-0.25, -0.2) is 4.79 Å². The van der Waals surface area contributed by atoms with E-state index < -0.39 is 5.60 Å². The molecule has 0 unspecified atom stereocenters. The fourth-order valence-electron chi connectivity index (χ4n) is 3.35. The summed E-state index contributed by atoms with van der Waals surface area (Å²) in [7, 11) is 0. The molecule has 0 aliphatic carbocycles. The molecule has 0 bridgehead atoms. The number of ether oxygens (including phenoxy) is 3. The number of benzene rings is 1. The van der Waals surface area contributed by atoms with Gasteiger partial charge in [0, 0.05) is 32.9 Å². The molecular formula is C25H39NO4. The van der Waals surface area contributed by atoms with Crippen LogP contribution < -0.4 is 0 Å². The lowest BCUT2D eigenvalue weighted by Crippen LogP contribution is -2.37. The highest BCUT2D eigenvalue weighted by atomic mass is 16.6. The van der Waals surface area contributed by atoms with Crippen molar-refractivity contribution in [3.8, 4) is 0 Å². The van der Waals surface area contributed by atoms with Crippen molar-refractivity contribution in [2.45, 2.75) is 71.5 Å². The largest absolute Gasteiger partial charge is 0.444 e. The van der Waals surface area contributed by atoms with Crippen LogP contribution in [0.4, 0.5) is 4.79 Å². The molecule has 2 rings (SSSR count). The predicted molar refractivity (Wildman–Crippen MR) is 121 cm³/mol. The number of hydrogen-bond acceptors (Lipinski definition) is 4. The lowest BCUT2D eigenvalue weighted by atomic mass is 10.1. The Labute approximate surface area is 182 Å². The van der Waals surface area contributed by atoms with Gasteiger partial charge in [-0.3, -0.25) is 0 Å². The molecule has 1 fully saturated rings. The van der Waals surface area contributed by atoms with E-state index >= 15 is 0 Å². The minimum Gasteiger partial charge on any atom is -0.444 e. The Morgan fingerprint density at radius 1 is 1.00 bits per heavy atom. The van der Waals surface area contributed by atoms with Crippen LogP contribution in [0.1, 0.15) is 64.9 Å². The number of rotatable bonds is 10. The molecule has 1 saturated heterocycles. The number of hydrogen-bond donors (Lipinski definition) is 0. The Bertz CT molecular complexity index is 636. The Balaban J connectivity index is 1.49. The fraction of sp³-hybridized carbons (Fsp3) is 0.640. The fourth-order valence-corrected chi connectivity index (χ4v) is 3.35. The van der Waals surface area contributed by atoms with Crippen LogP contribution in [-0.2, 0) is 20.8 Å². The summed E-state index contributed by atoms with van der Waals surface area (Å²) in [5.41, 5.74) is 2.23. The number of likely N-dealkylation sites (tertiary alicyclic amines) is 1. The minimum absolute atomic E-state index is 0.190. The molecule has 1 heterocycles. The van der Waals surface area contributed by atoms with E-state index in [9.17, 15) is 4.79 Å². The third-order valence-corrected chi connectivity index (χ3v) is 4.90. The maximum atomic E-state index is 12.2. The second kappa shape index (κ2) is 13.5. The van der Waals surface area contributed by atoms with E-state index in [1.54, 1.807) is 0 Å². The highest BCUT2D eigenvalue weighted by molar-refractivity contribution is 5.68. The topological polar surface area (TPSA) is 48.0 Å². The molecule has 1 amide bonds. The number of unbranched alkanes of at least 4 members (excludes halogenated alkanes) is 1. The van der Waals surface area contributed by atoms with Crippen molar-refractivity contribution in [2.75, 3.05) is 32.9 Å². The monoisotopic (exact) mass is 417 g/mol. The van der Waals surface area contributed by atoms with Gasteiger partial charge in [-0.1, -0.05) is 42.0 Å². The van der Waals surface area contributed by atoms with Crippen LogP contribution in [0.25, 0.3) is 0 Å². The normalized spacial score (nSPS) is 16.5. The van der Waals surface area contributed by atoms with Crippen LogP contribution in [0.15, 0.2) is 42.0 Å². The van der Waals surface area contributed by atoms with Gasteiger partial charge in [-0.05, 0) is 64.9 Å². The second-order valence-electron chi connectivity index (χ2n) is 8.83. The molecular weight excluding hydrogens is 378 g/mol. The summed E-state index contributed by atoms with van der Waals surface area (Å²) in [5.74, 6) is 0. The molecule has 5 nitrogen and oxygen atoms in total. The summed E-state index contributed by atoms with van der Waals surface area (Å²) in [4.78, 5) is 14.1. The standard InChI is InChI=1S/C25H39NO4/c1-25(2,3)30-24(27)26-16-9-14-22(15-17-26)11-7-8-18-28-19-10-20-29-21-23-12-5-4-6-13-23/h4-6,11-13H,7-10,14-21H2,1-3H3/b22-11-. The van der Waals surface area contributed by atoms with Gasteiger partial charge in [0.25, 0.3) is 0 Å². The Kier molecular flexibility index (Phi) is 11.0. The molecule has 168 valence electrons. The maximum absolute atomic E-state index is 12.2. The van der Waals surface area contributed by atoms with Gasteiger partial charge in [0.05, 0.1) is 6.61 Å². The van der Waals surface area contributed by atoms with E-state index in [0.717, 1.165) is 71.4 Å². The van der Waals surface area contributed by atoms with Crippen molar-refractivity contribution >= 4 is 6.09 Å². The van der Waals surface area contributed by atoms with E-state index in [4.69, 9.17) is 14.2 Å². The summed E-state index contributed by atoms with van der Waals surface area (Å²) in [6.45, 7) is 10.2. The molecule has 1 aliphatic rings.